The van der Waals surface area contributed by atoms with Gasteiger partial charge in [-0.2, -0.15) is 0 Å². The predicted molar refractivity (Wildman–Crippen MR) is 171 cm³/mol. The van der Waals surface area contributed by atoms with Crippen molar-refractivity contribution in [1.82, 2.24) is 14.5 Å². The first-order valence-corrected chi connectivity index (χ1v) is 14.6. The van der Waals surface area contributed by atoms with Crippen molar-refractivity contribution in [2.24, 2.45) is 25.2 Å². The quantitative estimate of drug-likeness (QED) is 0.240. The average Bonchev–Trinajstić information content (AvgIpc) is 3.81. The zero-order valence-electron chi connectivity index (χ0n) is 25.3. The Morgan fingerprint density at radius 2 is 1.73 bits per heavy atom. The minimum atomic E-state index is -0.706. The molecule has 12 heteroatoms. The van der Waals surface area contributed by atoms with E-state index in [1.54, 1.807) is 37.3 Å². The summed E-state index contributed by atoms with van der Waals surface area (Å²) in [5.74, 6) is -1.18. The lowest BCUT2D eigenvalue weighted by atomic mass is 9.94. The molecule has 3 aromatic carbocycles. The molecule has 0 aliphatic heterocycles. The van der Waals surface area contributed by atoms with E-state index >= 15 is 4.39 Å². The van der Waals surface area contributed by atoms with Crippen molar-refractivity contribution in [2.45, 2.75) is 26.3 Å². The topological polar surface area (TPSA) is 137 Å². The molecule has 1 aliphatic carbocycles. The highest BCUT2D eigenvalue weighted by Gasteiger charge is 2.47. The summed E-state index contributed by atoms with van der Waals surface area (Å²) in [6.45, 7) is 2.32. The van der Waals surface area contributed by atoms with Gasteiger partial charge in [-0.05, 0) is 54.7 Å². The third-order valence-corrected chi connectivity index (χ3v) is 8.80. The third kappa shape index (κ3) is 6.01. The molecule has 0 saturated heterocycles. The van der Waals surface area contributed by atoms with E-state index in [1.165, 1.54) is 38.0 Å². The van der Waals surface area contributed by atoms with Crippen molar-refractivity contribution in [3.63, 3.8) is 0 Å². The molecule has 1 fully saturated rings. The van der Waals surface area contributed by atoms with Crippen molar-refractivity contribution >= 4 is 29.1 Å². The van der Waals surface area contributed by atoms with Crippen molar-refractivity contribution < 1.29 is 18.7 Å². The van der Waals surface area contributed by atoms with Crippen molar-refractivity contribution in [2.75, 3.05) is 19.0 Å². The number of amides is 2. The smallest absolute Gasteiger partial charge is 0.330 e. The van der Waals surface area contributed by atoms with Gasteiger partial charge in [-0.25, -0.2) is 9.18 Å². The number of hydrogen-bond acceptors (Lipinski definition) is 6. The van der Waals surface area contributed by atoms with Gasteiger partial charge in [0.15, 0.2) is 0 Å². The molecule has 4 aromatic rings. The first-order chi connectivity index (χ1) is 21.4. The molecule has 0 radical (unpaired) electrons. The van der Waals surface area contributed by atoms with Gasteiger partial charge in [0.1, 0.15) is 17.1 Å². The van der Waals surface area contributed by atoms with Gasteiger partial charge >= 0.3 is 5.69 Å². The van der Waals surface area contributed by atoms with Crippen LogP contribution >= 0.6 is 11.6 Å². The molecule has 10 nitrogen and oxygen atoms in total. The number of anilines is 1. The molecule has 234 valence electrons. The van der Waals surface area contributed by atoms with Crippen LogP contribution in [0.3, 0.4) is 0 Å². The summed E-state index contributed by atoms with van der Waals surface area (Å²) in [7, 11) is 4.23. The van der Waals surface area contributed by atoms with E-state index in [4.69, 9.17) is 22.1 Å². The van der Waals surface area contributed by atoms with E-state index < -0.39 is 28.4 Å². The summed E-state index contributed by atoms with van der Waals surface area (Å²) < 4.78 is 23.0. The lowest BCUT2D eigenvalue weighted by Crippen LogP contribution is -2.40. The first kappa shape index (κ1) is 31.7. The second-order valence-corrected chi connectivity index (χ2v) is 11.7. The number of nitrogens with two attached hydrogens (primary N) is 1. The number of carbonyl (C=O) groups excluding carboxylic acids is 2. The monoisotopic (exact) mass is 633 g/mol. The van der Waals surface area contributed by atoms with Crippen LogP contribution in [0.5, 0.6) is 5.75 Å². The third-order valence-electron chi connectivity index (χ3n) is 8.39. The SMILES string of the molecule is COc1cc(-c2cccc(-c3cccc(NC(=O)c4cn(C)c(=O)n(C)c4=O)c3C)c2Cl)cc(F)c1CNCC1(C(N)=O)CC1. The number of halogens is 2. The normalized spacial score (nSPS) is 13.4. The Hall–Kier alpha value is -4.74. The molecule has 4 N–H and O–H groups in total. The number of benzene rings is 3. The van der Waals surface area contributed by atoms with Crippen molar-refractivity contribution in [3.05, 3.63) is 103 Å². The number of ether oxygens (including phenoxy) is 1. The fourth-order valence-corrected chi connectivity index (χ4v) is 5.72. The van der Waals surface area contributed by atoms with Gasteiger partial charge in [0.25, 0.3) is 11.5 Å². The molecule has 1 heterocycles. The Morgan fingerprint density at radius 3 is 2.40 bits per heavy atom. The zero-order chi connectivity index (χ0) is 32.6. The summed E-state index contributed by atoms with van der Waals surface area (Å²) in [6, 6.07) is 13.8. The highest BCUT2D eigenvalue weighted by atomic mass is 35.5. The van der Waals surface area contributed by atoms with Crippen LogP contribution in [0.15, 0.2) is 64.3 Å². The lowest BCUT2D eigenvalue weighted by Gasteiger charge is -2.18. The predicted octanol–water partition coefficient (Wildman–Crippen LogP) is 4.13. The number of aryl methyl sites for hydroxylation is 1. The number of carbonyl (C=O) groups is 2. The highest BCUT2D eigenvalue weighted by molar-refractivity contribution is 6.36. The minimum absolute atomic E-state index is 0.154. The molecule has 0 unspecified atom stereocenters. The van der Waals surface area contributed by atoms with Gasteiger partial charge in [0.05, 0.1) is 17.5 Å². The van der Waals surface area contributed by atoms with Gasteiger partial charge in [0.2, 0.25) is 5.91 Å². The van der Waals surface area contributed by atoms with Crippen LogP contribution in [0.1, 0.15) is 34.3 Å². The van der Waals surface area contributed by atoms with E-state index in [0.717, 1.165) is 4.57 Å². The number of aromatic nitrogens is 2. The molecule has 1 aliphatic rings. The Kier molecular flexibility index (Phi) is 8.68. The standard InChI is InChI=1S/C33H33ClFN5O5/c1-18-20(7-6-10-26(18)38-29(41)24-16-39(2)32(44)40(3)30(24)42)22-9-5-8-21(28(22)34)19-13-25(35)23(27(14-19)45-4)15-37-17-33(11-12-33)31(36)43/h5-10,13-14,16,37H,11-12,15,17H2,1-4H3,(H2,36,43)(H,38,41). The fraction of sp³-hybridized carbons (Fsp3) is 0.273. The molecular weight excluding hydrogens is 601 g/mol. The molecule has 0 bridgehead atoms. The molecule has 0 atom stereocenters. The lowest BCUT2D eigenvalue weighted by molar-refractivity contribution is -0.122. The zero-order valence-corrected chi connectivity index (χ0v) is 26.0. The summed E-state index contributed by atoms with van der Waals surface area (Å²) >= 11 is 6.95. The van der Waals surface area contributed by atoms with Crippen LogP contribution in [0.2, 0.25) is 5.02 Å². The summed E-state index contributed by atoms with van der Waals surface area (Å²) in [4.78, 5) is 49.4. The molecular formula is C33H33ClFN5O5. The molecule has 5 rings (SSSR count). The van der Waals surface area contributed by atoms with Gasteiger partial charge in [0, 0.05) is 55.8 Å². The highest BCUT2D eigenvalue weighted by Crippen LogP contribution is 2.45. The van der Waals surface area contributed by atoms with E-state index in [1.807, 2.05) is 12.1 Å². The number of primary amides is 1. The number of nitrogens with zero attached hydrogens (tertiary/aromatic N) is 2. The van der Waals surface area contributed by atoms with Crippen LogP contribution in [-0.4, -0.2) is 34.6 Å². The number of rotatable bonds is 10. The summed E-state index contributed by atoms with van der Waals surface area (Å²) in [5.41, 5.74) is 7.39. The van der Waals surface area contributed by atoms with Gasteiger partial charge in [-0.15, -0.1) is 0 Å². The van der Waals surface area contributed by atoms with Gasteiger partial charge in [-0.3, -0.25) is 19.0 Å². The molecule has 2 amide bonds. The van der Waals surface area contributed by atoms with E-state index in [0.29, 0.717) is 69.2 Å². The molecule has 45 heavy (non-hydrogen) atoms. The summed E-state index contributed by atoms with van der Waals surface area (Å²) in [6.07, 6.45) is 2.64. The minimum Gasteiger partial charge on any atom is -0.496 e. The van der Waals surface area contributed by atoms with E-state index in [9.17, 15) is 19.2 Å². The number of nitrogens with one attached hydrogen (secondary N) is 2. The summed E-state index contributed by atoms with van der Waals surface area (Å²) in [5, 5.41) is 6.27. The Morgan fingerprint density at radius 1 is 1.07 bits per heavy atom. The van der Waals surface area contributed by atoms with Crippen LogP contribution in [0.25, 0.3) is 22.3 Å². The fourth-order valence-electron chi connectivity index (χ4n) is 5.39. The largest absolute Gasteiger partial charge is 0.496 e. The number of methoxy groups -OCH3 is 1. The molecule has 1 aromatic heterocycles. The van der Waals surface area contributed by atoms with E-state index in [-0.39, 0.29) is 18.0 Å². The maximum atomic E-state index is 15.5. The second kappa shape index (κ2) is 12.3. The van der Waals surface area contributed by atoms with Gasteiger partial charge < -0.3 is 25.7 Å². The van der Waals surface area contributed by atoms with Crippen LogP contribution in [-0.2, 0) is 25.4 Å². The van der Waals surface area contributed by atoms with Crippen LogP contribution in [0, 0.1) is 18.2 Å². The molecule has 1 saturated carbocycles. The van der Waals surface area contributed by atoms with Crippen molar-refractivity contribution in [3.8, 4) is 28.0 Å². The van der Waals surface area contributed by atoms with Crippen molar-refractivity contribution in [1.29, 1.82) is 0 Å². The Bertz CT molecular complexity index is 1960. The maximum Gasteiger partial charge on any atom is 0.330 e. The van der Waals surface area contributed by atoms with Crippen LogP contribution in [0.4, 0.5) is 10.1 Å². The van der Waals surface area contributed by atoms with Gasteiger partial charge in [-0.1, -0.05) is 41.9 Å². The average molecular weight is 634 g/mol. The molecule has 0 spiro atoms. The van der Waals surface area contributed by atoms with Crippen LogP contribution < -0.4 is 32.4 Å². The van der Waals surface area contributed by atoms with E-state index in [2.05, 4.69) is 10.6 Å². The first-order valence-electron chi connectivity index (χ1n) is 14.2. The second-order valence-electron chi connectivity index (χ2n) is 11.3. The Balaban J connectivity index is 1.44. The Labute approximate surface area is 263 Å². The number of hydrogen-bond donors (Lipinski definition) is 3. The maximum absolute atomic E-state index is 15.5.